The SMILES string of the molecule is COc1ccc(Oc2ccc(Cl)cc2NS(=O)(=O)c2ccc(SC)c(NC(C)=O)c2)cc1. The van der Waals surface area contributed by atoms with Gasteiger partial charge in [0.1, 0.15) is 11.5 Å². The van der Waals surface area contributed by atoms with Crippen molar-refractivity contribution in [2.75, 3.05) is 23.4 Å². The standard InChI is InChI=1S/C22H21ClN2O5S2/c1-14(26)24-20-13-18(9-11-22(20)31-3)32(27,28)25-19-12-15(23)4-10-21(19)30-17-7-5-16(29-2)6-8-17/h4-13,25H,1-3H3,(H,24,26). The Labute approximate surface area is 196 Å². The number of carbonyl (C=O) groups is 1. The van der Waals surface area contributed by atoms with Gasteiger partial charge in [-0.15, -0.1) is 11.8 Å². The third-order valence-corrected chi connectivity index (χ3v) is 6.66. The number of nitrogens with one attached hydrogen (secondary N) is 2. The fourth-order valence-corrected chi connectivity index (χ4v) is 4.58. The van der Waals surface area contributed by atoms with Crippen molar-refractivity contribution in [3.05, 3.63) is 65.7 Å². The van der Waals surface area contributed by atoms with Crippen molar-refractivity contribution in [1.29, 1.82) is 0 Å². The van der Waals surface area contributed by atoms with Crippen molar-refractivity contribution in [2.24, 2.45) is 0 Å². The van der Waals surface area contributed by atoms with Crippen molar-refractivity contribution < 1.29 is 22.7 Å². The highest BCUT2D eigenvalue weighted by molar-refractivity contribution is 7.98. The van der Waals surface area contributed by atoms with Gasteiger partial charge in [0.25, 0.3) is 10.0 Å². The van der Waals surface area contributed by atoms with E-state index in [1.165, 1.54) is 36.9 Å². The highest BCUT2D eigenvalue weighted by atomic mass is 35.5. The van der Waals surface area contributed by atoms with E-state index in [1.54, 1.807) is 49.6 Å². The fourth-order valence-electron chi connectivity index (χ4n) is 2.79. The largest absolute Gasteiger partial charge is 0.497 e. The van der Waals surface area contributed by atoms with Gasteiger partial charge in [0, 0.05) is 16.8 Å². The number of halogens is 1. The molecule has 0 fully saturated rings. The molecule has 2 N–H and O–H groups in total. The van der Waals surface area contributed by atoms with Gasteiger partial charge in [0.05, 0.1) is 23.4 Å². The van der Waals surface area contributed by atoms with E-state index < -0.39 is 10.0 Å². The number of rotatable bonds is 8. The molecular formula is C22H21ClN2O5S2. The molecule has 7 nitrogen and oxygen atoms in total. The number of ether oxygens (including phenoxy) is 2. The van der Waals surface area contributed by atoms with Gasteiger partial charge in [-0.3, -0.25) is 9.52 Å². The molecule has 0 bridgehead atoms. The van der Waals surface area contributed by atoms with Crippen molar-refractivity contribution >= 4 is 50.7 Å². The lowest BCUT2D eigenvalue weighted by Gasteiger charge is -2.15. The van der Waals surface area contributed by atoms with Crippen molar-refractivity contribution in [3.8, 4) is 17.2 Å². The summed E-state index contributed by atoms with van der Waals surface area (Å²) in [6.45, 7) is 1.36. The molecule has 1 amide bonds. The average Bonchev–Trinajstić information content (AvgIpc) is 2.75. The average molecular weight is 493 g/mol. The highest BCUT2D eigenvalue weighted by Crippen LogP contribution is 2.35. The molecule has 3 aromatic carbocycles. The van der Waals surface area contributed by atoms with Gasteiger partial charge in [-0.2, -0.15) is 0 Å². The Morgan fingerprint density at radius 1 is 0.969 bits per heavy atom. The van der Waals surface area contributed by atoms with Gasteiger partial charge in [0.2, 0.25) is 5.91 Å². The molecule has 3 rings (SSSR count). The second-order valence-corrected chi connectivity index (χ2v) is 9.53. The second kappa shape index (κ2) is 10.2. The Bertz CT molecular complexity index is 1230. The summed E-state index contributed by atoms with van der Waals surface area (Å²) in [6, 6.07) is 16.0. The molecule has 32 heavy (non-hydrogen) atoms. The summed E-state index contributed by atoms with van der Waals surface area (Å²) in [7, 11) is -2.45. The van der Waals surface area contributed by atoms with Crippen LogP contribution in [0.2, 0.25) is 5.02 Å². The summed E-state index contributed by atoms with van der Waals surface area (Å²) < 4.78 is 39.7. The van der Waals surface area contributed by atoms with Crippen LogP contribution in [0.25, 0.3) is 0 Å². The first-order valence-corrected chi connectivity index (χ1v) is 12.4. The number of carbonyl (C=O) groups excluding carboxylic acids is 1. The number of amides is 1. The van der Waals surface area contributed by atoms with Gasteiger partial charge < -0.3 is 14.8 Å². The van der Waals surface area contributed by atoms with Gasteiger partial charge in [-0.1, -0.05) is 11.6 Å². The molecule has 0 saturated carbocycles. The molecule has 0 heterocycles. The maximum Gasteiger partial charge on any atom is 0.262 e. The van der Waals surface area contributed by atoms with Gasteiger partial charge in [-0.25, -0.2) is 8.42 Å². The normalized spacial score (nSPS) is 11.0. The van der Waals surface area contributed by atoms with Crippen LogP contribution in [-0.4, -0.2) is 27.7 Å². The van der Waals surface area contributed by atoms with E-state index in [1.807, 2.05) is 6.26 Å². The van der Waals surface area contributed by atoms with E-state index >= 15 is 0 Å². The lowest BCUT2D eigenvalue weighted by Crippen LogP contribution is -2.15. The van der Waals surface area contributed by atoms with Crippen molar-refractivity contribution in [3.63, 3.8) is 0 Å². The second-order valence-electron chi connectivity index (χ2n) is 6.57. The lowest BCUT2D eigenvalue weighted by molar-refractivity contribution is -0.114. The predicted molar refractivity (Wildman–Crippen MR) is 128 cm³/mol. The smallest absolute Gasteiger partial charge is 0.262 e. The first kappa shape index (κ1) is 23.8. The van der Waals surface area contributed by atoms with E-state index in [-0.39, 0.29) is 22.2 Å². The molecule has 0 aliphatic heterocycles. The molecule has 0 radical (unpaired) electrons. The molecule has 0 atom stereocenters. The summed E-state index contributed by atoms with van der Waals surface area (Å²) in [5, 5.41) is 2.99. The van der Waals surface area contributed by atoms with Crippen LogP contribution in [0.4, 0.5) is 11.4 Å². The molecule has 0 aliphatic carbocycles. The van der Waals surface area contributed by atoms with Gasteiger partial charge >= 0.3 is 0 Å². The van der Waals surface area contributed by atoms with Crippen LogP contribution >= 0.6 is 23.4 Å². The lowest BCUT2D eigenvalue weighted by atomic mass is 10.3. The Balaban J connectivity index is 1.93. The minimum absolute atomic E-state index is 0.0191. The first-order valence-electron chi connectivity index (χ1n) is 9.32. The summed E-state index contributed by atoms with van der Waals surface area (Å²) in [4.78, 5) is 12.2. The number of benzene rings is 3. The Hall–Kier alpha value is -2.88. The summed E-state index contributed by atoms with van der Waals surface area (Å²) >= 11 is 7.49. The molecule has 10 heteroatoms. The minimum Gasteiger partial charge on any atom is -0.497 e. The van der Waals surface area contributed by atoms with Gasteiger partial charge in [0.15, 0.2) is 5.75 Å². The number of hydrogen-bond acceptors (Lipinski definition) is 6. The Kier molecular flexibility index (Phi) is 7.55. The molecule has 3 aromatic rings. The minimum atomic E-state index is -4.01. The number of thioether (sulfide) groups is 1. The highest BCUT2D eigenvalue weighted by Gasteiger charge is 2.19. The molecule has 0 saturated heterocycles. The van der Waals surface area contributed by atoms with Crippen LogP contribution in [0.5, 0.6) is 17.2 Å². The van der Waals surface area contributed by atoms with E-state index in [0.717, 1.165) is 4.90 Å². The van der Waals surface area contributed by atoms with Crippen LogP contribution in [0.15, 0.2) is 70.5 Å². The quantitative estimate of drug-likeness (QED) is 0.396. The van der Waals surface area contributed by atoms with Gasteiger partial charge in [-0.05, 0) is 66.9 Å². The summed E-state index contributed by atoms with van der Waals surface area (Å²) in [5.74, 6) is 1.13. The number of anilines is 2. The third kappa shape index (κ3) is 5.87. The van der Waals surface area contributed by atoms with E-state index in [9.17, 15) is 13.2 Å². The van der Waals surface area contributed by atoms with Crippen LogP contribution in [0.1, 0.15) is 6.92 Å². The summed E-state index contributed by atoms with van der Waals surface area (Å²) in [5.41, 5.74) is 0.581. The topological polar surface area (TPSA) is 93.7 Å². The van der Waals surface area contributed by atoms with E-state index in [4.69, 9.17) is 21.1 Å². The van der Waals surface area contributed by atoms with Crippen LogP contribution < -0.4 is 19.5 Å². The molecule has 0 unspecified atom stereocenters. The zero-order chi connectivity index (χ0) is 23.3. The third-order valence-electron chi connectivity index (χ3n) is 4.27. The first-order chi connectivity index (χ1) is 15.2. The zero-order valence-corrected chi connectivity index (χ0v) is 19.9. The number of methoxy groups -OCH3 is 1. The molecule has 168 valence electrons. The summed E-state index contributed by atoms with van der Waals surface area (Å²) in [6.07, 6.45) is 1.84. The van der Waals surface area contributed by atoms with Crippen LogP contribution in [0, 0.1) is 0 Å². The molecule has 0 aromatic heterocycles. The number of hydrogen-bond donors (Lipinski definition) is 2. The Morgan fingerprint density at radius 3 is 2.28 bits per heavy atom. The van der Waals surface area contributed by atoms with E-state index in [2.05, 4.69) is 10.0 Å². The maximum absolute atomic E-state index is 13.1. The zero-order valence-electron chi connectivity index (χ0n) is 17.5. The predicted octanol–water partition coefficient (Wildman–Crippen LogP) is 5.62. The Morgan fingerprint density at radius 2 is 1.66 bits per heavy atom. The van der Waals surface area contributed by atoms with E-state index in [0.29, 0.717) is 22.2 Å². The molecule has 0 spiro atoms. The maximum atomic E-state index is 13.1. The van der Waals surface area contributed by atoms with Crippen LogP contribution in [0.3, 0.4) is 0 Å². The fraction of sp³-hybridized carbons (Fsp3) is 0.136. The molecule has 0 aliphatic rings. The van der Waals surface area contributed by atoms with Crippen LogP contribution in [-0.2, 0) is 14.8 Å². The monoisotopic (exact) mass is 492 g/mol. The van der Waals surface area contributed by atoms with Crippen molar-refractivity contribution in [2.45, 2.75) is 16.7 Å². The van der Waals surface area contributed by atoms with Crippen molar-refractivity contribution in [1.82, 2.24) is 0 Å². The number of sulfonamides is 1. The molecular weight excluding hydrogens is 472 g/mol.